The fourth-order valence-corrected chi connectivity index (χ4v) is 2.48. The van der Waals surface area contributed by atoms with Gasteiger partial charge in [0.1, 0.15) is 10.6 Å². The molecule has 96 valence electrons. The molecule has 1 unspecified atom stereocenters. The van der Waals surface area contributed by atoms with Crippen molar-refractivity contribution in [3.8, 4) is 5.75 Å². The molecular formula is C10H13Cl2NO3S. The SMILES string of the molecule is CCC(C)Oc1cc(Cl)c(S(N)(=O)=O)cc1Cl. The van der Waals surface area contributed by atoms with Gasteiger partial charge >= 0.3 is 0 Å². The van der Waals surface area contributed by atoms with Crippen LogP contribution in [0, 0.1) is 0 Å². The van der Waals surface area contributed by atoms with Crippen molar-refractivity contribution >= 4 is 33.2 Å². The lowest BCUT2D eigenvalue weighted by Crippen LogP contribution is -2.14. The molecule has 0 heterocycles. The third kappa shape index (κ3) is 3.74. The van der Waals surface area contributed by atoms with E-state index in [1.165, 1.54) is 12.1 Å². The van der Waals surface area contributed by atoms with Gasteiger partial charge in [0.25, 0.3) is 0 Å². The Bertz CT molecular complexity index is 517. The monoisotopic (exact) mass is 297 g/mol. The Morgan fingerprint density at radius 1 is 1.35 bits per heavy atom. The average molecular weight is 298 g/mol. The van der Waals surface area contributed by atoms with Crippen molar-refractivity contribution in [2.24, 2.45) is 5.14 Å². The highest BCUT2D eigenvalue weighted by Crippen LogP contribution is 2.33. The summed E-state index contributed by atoms with van der Waals surface area (Å²) >= 11 is 11.7. The number of rotatable bonds is 4. The fourth-order valence-electron chi connectivity index (χ4n) is 1.12. The maximum absolute atomic E-state index is 11.2. The molecule has 0 aliphatic heterocycles. The highest BCUT2D eigenvalue weighted by Gasteiger charge is 2.17. The molecular weight excluding hydrogens is 285 g/mol. The van der Waals surface area contributed by atoms with Crippen LogP contribution in [0.4, 0.5) is 0 Å². The molecule has 0 saturated heterocycles. The van der Waals surface area contributed by atoms with Gasteiger partial charge < -0.3 is 4.74 Å². The van der Waals surface area contributed by atoms with E-state index in [2.05, 4.69) is 0 Å². The summed E-state index contributed by atoms with van der Waals surface area (Å²) in [5.74, 6) is 0.346. The third-order valence-corrected chi connectivity index (χ3v) is 3.87. The molecule has 1 atom stereocenters. The molecule has 0 saturated carbocycles. The van der Waals surface area contributed by atoms with Crippen molar-refractivity contribution in [1.29, 1.82) is 0 Å². The number of nitrogens with two attached hydrogens (primary N) is 1. The molecule has 0 fully saturated rings. The second-order valence-electron chi connectivity index (χ2n) is 3.59. The Hall–Kier alpha value is -0.490. The normalized spacial score (nSPS) is 13.5. The number of ether oxygens (including phenoxy) is 1. The maximum atomic E-state index is 11.2. The molecule has 4 nitrogen and oxygen atoms in total. The van der Waals surface area contributed by atoms with Crippen LogP contribution in [-0.4, -0.2) is 14.5 Å². The Labute approximate surface area is 111 Å². The molecule has 1 aromatic rings. The largest absolute Gasteiger partial charge is 0.489 e. The van der Waals surface area contributed by atoms with Crippen molar-refractivity contribution in [2.75, 3.05) is 0 Å². The van der Waals surface area contributed by atoms with Gasteiger partial charge in [-0.2, -0.15) is 0 Å². The Kier molecular flexibility index (Phi) is 4.66. The van der Waals surface area contributed by atoms with Gasteiger partial charge in [-0.25, -0.2) is 13.6 Å². The predicted molar refractivity (Wildman–Crippen MR) is 68.2 cm³/mol. The fraction of sp³-hybridized carbons (Fsp3) is 0.400. The zero-order chi connectivity index (χ0) is 13.2. The van der Waals surface area contributed by atoms with E-state index < -0.39 is 10.0 Å². The van der Waals surface area contributed by atoms with E-state index in [0.717, 1.165) is 6.42 Å². The zero-order valence-electron chi connectivity index (χ0n) is 9.41. The van der Waals surface area contributed by atoms with Crippen LogP contribution in [0.25, 0.3) is 0 Å². The lowest BCUT2D eigenvalue weighted by Gasteiger charge is -2.15. The van der Waals surface area contributed by atoms with Gasteiger partial charge in [-0.1, -0.05) is 30.1 Å². The molecule has 2 N–H and O–H groups in total. The number of halogens is 2. The summed E-state index contributed by atoms with van der Waals surface area (Å²) in [4.78, 5) is -0.208. The molecule has 0 spiro atoms. The van der Waals surface area contributed by atoms with Gasteiger partial charge in [-0.3, -0.25) is 0 Å². The van der Waals surface area contributed by atoms with E-state index in [1.807, 2.05) is 13.8 Å². The highest BCUT2D eigenvalue weighted by atomic mass is 35.5. The van der Waals surface area contributed by atoms with Crippen molar-refractivity contribution in [3.05, 3.63) is 22.2 Å². The molecule has 0 radical (unpaired) electrons. The highest BCUT2D eigenvalue weighted by molar-refractivity contribution is 7.89. The number of hydrogen-bond acceptors (Lipinski definition) is 3. The molecule has 0 amide bonds. The first kappa shape index (κ1) is 14.6. The number of primary sulfonamides is 1. The molecule has 0 bridgehead atoms. The Morgan fingerprint density at radius 3 is 2.41 bits per heavy atom. The third-order valence-electron chi connectivity index (χ3n) is 2.20. The van der Waals surface area contributed by atoms with Gasteiger partial charge in [0.2, 0.25) is 10.0 Å². The van der Waals surface area contributed by atoms with Crippen LogP contribution in [0.5, 0.6) is 5.75 Å². The number of benzene rings is 1. The van der Waals surface area contributed by atoms with Crippen LogP contribution in [0.3, 0.4) is 0 Å². The summed E-state index contributed by atoms with van der Waals surface area (Å²) in [6, 6.07) is 2.55. The van der Waals surface area contributed by atoms with Crippen LogP contribution in [0.2, 0.25) is 10.0 Å². The molecule has 17 heavy (non-hydrogen) atoms. The molecule has 1 aromatic carbocycles. The summed E-state index contributed by atoms with van der Waals surface area (Å²) in [5, 5.41) is 5.15. The second kappa shape index (κ2) is 5.44. The zero-order valence-corrected chi connectivity index (χ0v) is 11.7. The molecule has 1 rings (SSSR count). The molecule has 0 aromatic heterocycles. The van der Waals surface area contributed by atoms with E-state index in [1.54, 1.807) is 0 Å². The topological polar surface area (TPSA) is 69.4 Å². The summed E-state index contributed by atoms with van der Waals surface area (Å²) in [6.45, 7) is 3.83. The Morgan fingerprint density at radius 2 is 1.94 bits per heavy atom. The van der Waals surface area contributed by atoms with Crippen LogP contribution in [0.1, 0.15) is 20.3 Å². The minimum Gasteiger partial charge on any atom is -0.489 e. The van der Waals surface area contributed by atoms with Crippen molar-refractivity contribution in [3.63, 3.8) is 0 Å². The van der Waals surface area contributed by atoms with E-state index in [4.69, 9.17) is 33.1 Å². The summed E-state index contributed by atoms with van der Waals surface area (Å²) in [7, 11) is -3.88. The van der Waals surface area contributed by atoms with Crippen LogP contribution in [-0.2, 0) is 10.0 Å². The van der Waals surface area contributed by atoms with E-state index in [9.17, 15) is 8.42 Å². The van der Waals surface area contributed by atoms with Gasteiger partial charge in [0.05, 0.1) is 16.1 Å². The summed E-state index contributed by atoms with van der Waals surface area (Å²) in [5.41, 5.74) is 0. The van der Waals surface area contributed by atoms with E-state index >= 15 is 0 Å². The van der Waals surface area contributed by atoms with Gasteiger partial charge in [0.15, 0.2) is 0 Å². The van der Waals surface area contributed by atoms with Crippen LogP contribution in [0.15, 0.2) is 17.0 Å². The lowest BCUT2D eigenvalue weighted by molar-refractivity contribution is 0.217. The van der Waals surface area contributed by atoms with E-state index in [-0.39, 0.29) is 21.0 Å². The van der Waals surface area contributed by atoms with Crippen LogP contribution >= 0.6 is 23.2 Å². The molecule has 7 heteroatoms. The first-order valence-corrected chi connectivity index (χ1v) is 7.24. The second-order valence-corrected chi connectivity index (χ2v) is 5.94. The van der Waals surface area contributed by atoms with Crippen molar-refractivity contribution < 1.29 is 13.2 Å². The van der Waals surface area contributed by atoms with Gasteiger partial charge in [0, 0.05) is 6.07 Å². The standard InChI is InChI=1S/C10H13Cl2NO3S/c1-3-6(2)16-9-4-8(12)10(5-7(9)11)17(13,14)15/h4-6H,3H2,1-2H3,(H2,13,14,15). The first-order chi connectivity index (χ1) is 7.75. The summed E-state index contributed by atoms with van der Waals surface area (Å²) < 4.78 is 27.9. The molecule has 0 aliphatic rings. The van der Waals surface area contributed by atoms with Gasteiger partial charge in [-0.05, 0) is 19.4 Å². The average Bonchev–Trinajstić information content (AvgIpc) is 2.21. The predicted octanol–water partition coefficient (Wildman–Crippen LogP) is 2.82. The number of hydrogen-bond donors (Lipinski definition) is 1. The van der Waals surface area contributed by atoms with Crippen LogP contribution < -0.4 is 9.88 Å². The Balaban J connectivity index is 3.19. The van der Waals surface area contributed by atoms with Gasteiger partial charge in [-0.15, -0.1) is 0 Å². The smallest absolute Gasteiger partial charge is 0.239 e. The quantitative estimate of drug-likeness (QED) is 0.929. The number of sulfonamides is 1. The minimum absolute atomic E-state index is 0.00444. The van der Waals surface area contributed by atoms with Crippen molar-refractivity contribution in [2.45, 2.75) is 31.3 Å². The minimum atomic E-state index is -3.88. The maximum Gasteiger partial charge on any atom is 0.239 e. The van der Waals surface area contributed by atoms with E-state index in [0.29, 0.717) is 5.75 Å². The van der Waals surface area contributed by atoms with Crippen molar-refractivity contribution in [1.82, 2.24) is 0 Å². The molecule has 0 aliphatic carbocycles. The first-order valence-electron chi connectivity index (χ1n) is 4.94. The summed E-state index contributed by atoms with van der Waals surface area (Å²) in [6.07, 6.45) is 0.758. The lowest BCUT2D eigenvalue weighted by atomic mass is 10.3.